The van der Waals surface area contributed by atoms with Gasteiger partial charge in [-0.1, -0.05) is 0 Å². The van der Waals surface area contributed by atoms with Crippen molar-refractivity contribution < 1.29 is 27.5 Å². The van der Waals surface area contributed by atoms with Gasteiger partial charge in [-0.2, -0.15) is 8.42 Å². The highest BCUT2D eigenvalue weighted by Crippen LogP contribution is 2.25. The molecule has 104 valence electrons. The van der Waals surface area contributed by atoms with E-state index in [1.165, 1.54) is 0 Å². The van der Waals surface area contributed by atoms with E-state index in [1.54, 1.807) is 25.3 Å². The van der Waals surface area contributed by atoms with Crippen molar-refractivity contribution in [2.45, 2.75) is 6.92 Å². The summed E-state index contributed by atoms with van der Waals surface area (Å²) in [6.45, 7) is 2.37. The molecule has 9 heteroatoms. The van der Waals surface area contributed by atoms with Gasteiger partial charge in [-0.15, -0.1) is 0 Å². The molecule has 0 saturated carbocycles. The molecule has 1 aromatic rings. The van der Waals surface area contributed by atoms with Gasteiger partial charge in [0.1, 0.15) is 5.75 Å². The molecule has 0 spiro atoms. The van der Waals surface area contributed by atoms with Crippen LogP contribution in [-0.4, -0.2) is 36.4 Å². The van der Waals surface area contributed by atoms with Crippen LogP contribution in [0.5, 0.6) is 5.75 Å². The fourth-order valence-electron chi connectivity index (χ4n) is 1.06. The number of hydrogen-bond acceptors (Lipinski definition) is 6. The Hall–Kier alpha value is -1.55. The standard InChI is InChI=1S/C9H14N2O2.H2O4S/c1-3-11(12)7-4-5-9(13-2)8(10)6-7;1-5(2,3)4/h4-6,12H,3,10H2,1-2H3;(H2,1,2,3,4). The predicted molar refractivity (Wildman–Crippen MR) is 66.4 cm³/mol. The van der Waals surface area contributed by atoms with Gasteiger partial charge in [-0.3, -0.25) is 19.4 Å². The van der Waals surface area contributed by atoms with E-state index >= 15 is 0 Å². The molecule has 0 heterocycles. The highest BCUT2D eigenvalue weighted by atomic mass is 32.3. The largest absolute Gasteiger partial charge is 0.495 e. The van der Waals surface area contributed by atoms with Gasteiger partial charge in [0, 0.05) is 6.54 Å². The third-order valence-corrected chi connectivity index (χ3v) is 1.81. The molecule has 8 nitrogen and oxygen atoms in total. The number of nitrogens with two attached hydrogens (primary N) is 1. The van der Waals surface area contributed by atoms with Crippen molar-refractivity contribution in [2.24, 2.45) is 0 Å². The van der Waals surface area contributed by atoms with Crippen molar-refractivity contribution in [1.82, 2.24) is 0 Å². The van der Waals surface area contributed by atoms with Crippen LogP contribution in [0.25, 0.3) is 0 Å². The van der Waals surface area contributed by atoms with Crippen LogP contribution in [0.3, 0.4) is 0 Å². The van der Waals surface area contributed by atoms with E-state index in [1.807, 2.05) is 6.92 Å². The van der Waals surface area contributed by atoms with E-state index in [-0.39, 0.29) is 0 Å². The van der Waals surface area contributed by atoms with Crippen LogP contribution < -0.4 is 15.5 Å². The number of nitrogens with zero attached hydrogens (tertiary/aromatic N) is 1. The minimum atomic E-state index is -4.67. The Kier molecular flexibility index (Phi) is 6.41. The minimum Gasteiger partial charge on any atom is -0.495 e. The molecule has 18 heavy (non-hydrogen) atoms. The van der Waals surface area contributed by atoms with Crippen LogP contribution in [0, 0.1) is 0 Å². The van der Waals surface area contributed by atoms with Crippen molar-refractivity contribution in [1.29, 1.82) is 0 Å². The molecule has 0 aliphatic rings. The van der Waals surface area contributed by atoms with Crippen molar-refractivity contribution in [3.8, 4) is 5.75 Å². The van der Waals surface area contributed by atoms with Gasteiger partial charge >= 0.3 is 10.4 Å². The molecule has 0 bridgehead atoms. The van der Waals surface area contributed by atoms with Gasteiger partial charge in [0.15, 0.2) is 0 Å². The highest BCUT2D eigenvalue weighted by molar-refractivity contribution is 7.79. The molecular formula is C9H16N2O6S. The average Bonchev–Trinajstić information content (AvgIpc) is 2.25. The van der Waals surface area contributed by atoms with Crippen LogP contribution in [0.15, 0.2) is 18.2 Å². The zero-order chi connectivity index (χ0) is 14.3. The lowest BCUT2D eigenvalue weighted by Gasteiger charge is -2.15. The molecule has 0 saturated heterocycles. The maximum Gasteiger partial charge on any atom is 0.394 e. The summed E-state index contributed by atoms with van der Waals surface area (Å²) in [5.41, 5.74) is 6.85. The van der Waals surface area contributed by atoms with Gasteiger partial charge in [-0.25, -0.2) is 0 Å². The average molecular weight is 280 g/mol. The number of hydroxylamine groups is 1. The second kappa shape index (κ2) is 7.01. The van der Waals surface area contributed by atoms with Crippen LogP contribution in [0.2, 0.25) is 0 Å². The second-order valence-corrected chi connectivity index (χ2v) is 3.99. The molecular weight excluding hydrogens is 264 g/mol. The van der Waals surface area contributed by atoms with E-state index in [2.05, 4.69) is 0 Å². The smallest absolute Gasteiger partial charge is 0.394 e. The normalized spacial score (nSPS) is 10.3. The maximum absolute atomic E-state index is 9.35. The Morgan fingerprint density at radius 2 is 1.89 bits per heavy atom. The van der Waals surface area contributed by atoms with Crippen LogP contribution >= 0.6 is 0 Å². The van der Waals surface area contributed by atoms with Crippen molar-refractivity contribution in [3.63, 3.8) is 0 Å². The number of anilines is 2. The van der Waals surface area contributed by atoms with Gasteiger partial charge < -0.3 is 10.5 Å². The van der Waals surface area contributed by atoms with Crippen LogP contribution in [0.4, 0.5) is 11.4 Å². The molecule has 0 aliphatic carbocycles. The summed E-state index contributed by atoms with van der Waals surface area (Å²) in [5, 5.41) is 10.5. The molecule has 0 unspecified atom stereocenters. The Morgan fingerprint density at radius 3 is 2.22 bits per heavy atom. The van der Waals surface area contributed by atoms with Gasteiger partial charge in [0.25, 0.3) is 0 Å². The summed E-state index contributed by atoms with van der Waals surface area (Å²) in [7, 11) is -3.11. The van der Waals surface area contributed by atoms with E-state index in [0.29, 0.717) is 23.7 Å². The number of benzene rings is 1. The third-order valence-electron chi connectivity index (χ3n) is 1.81. The van der Waals surface area contributed by atoms with E-state index in [0.717, 1.165) is 5.06 Å². The second-order valence-electron chi connectivity index (χ2n) is 3.09. The first-order valence-corrected chi connectivity index (χ1v) is 6.18. The summed E-state index contributed by atoms with van der Waals surface area (Å²) in [6, 6.07) is 5.14. The van der Waals surface area contributed by atoms with Gasteiger partial charge in [0.2, 0.25) is 0 Å². The predicted octanol–water partition coefficient (Wildman–Crippen LogP) is 0.840. The fourth-order valence-corrected chi connectivity index (χ4v) is 1.06. The summed E-state index contributed by atoms with van der Waals surface area (Å²) in [4.78, 5) is 0. The zero-order valence-corrected chi connectivity index (χ0v) is 10.8. The maximum atomic E-state index is 9.35. The lowest BCUT2D eigenvalue weighted by molar-refractivity contribution is 0.260. The van der Waals surface area contributed by atoms with Crippen LogP contribution in [-0.2, 0) is 10.4 Å². The van der Waals surface area contributed by atoms with Crippen molar-refractivity contribution >= 4 is 21.8 Å². The summed E-state index contributed by atoms with van der Waals surface area (Å²) >= 11 is 0. The first-order valence-electron chi connectivity index (χ1n) is 4.78. The minimum absolute atomic E-state index is 0.520. The Balaban J connectivity index is 0.000000494. The molecule has 0 radical (unpaired) electrons. The number of rotatable bonds is 3. The van der Waals surface area contributed by atoms with Gasteiger partial charge in [0.05, 0.1) is 18.5 Å². The molecule has 0 atom stereocenters. The monoisotopic (exact) mass is 280 g/mol. The lowest BCUT2D eigenvalue weighted by Crippen LogP contribution is -2.16. The molecule has 5 N–H and O–H groups in total. The molecule has 0 fully saturated rings. The lowest BCUT2D eigenvalue weighted by atomic mass is 10.2. The molecule has 1 rings (SSSR count). The first kappa shape index (κ1) is 16.4. The van der Waals surface area contributed by atoms with E-state index in [9.17, 15) is 5.21 Å². The molecule has 1 aromatic carbocycles. The van der Waals surface area contributed by atoms with Crippen LogP contribution in [0.1, 0.15) is 6.92 Å². The summed E-state index contributed by atoms with van der Waals surface area (Å²) in [6.07, 6.45) is 0. The Morgan fingerprint density at radius 1 is 1.39 bits per heavy atom. The van der Waals surface area contributed by atoms with Gasteiger partial charge in [-0.05, 0) is 25.1 Å². The highest BCUT2D eigenvalue weighted by Gasteiger charge is 2.03. The molecule has 0 amide bonds. The fraction of sp³-hybridized carbons (Fsp3) is 0.333. The molecule has 0 aliphatic heterocycles. The Labute approximate surface area is 105 Å². The Bertz CT molecular complexity index is 468. The number of hydrogen-bond donors (Lipinski definition) is 4. The number of methoxy groups -OCH3 is 1. The van der Waals surface area contributed by atoms with E-state index in [4.69, 9.17) is 28.0 Å². The third kappa shape index (κ3) is 6.91. The van der Waals surface area contributed by atoms with E-state index < -0.39 is 10.4 Å². The quantitative estimate of drug-likeness (QED) is 0.363. The number of ether oxygens (including phenoxy) is 1. The van der Waals surface area contributed by atoms with Crippen molar-refractivity contribution in [3.05, 3.63) is 18.2 Å². The molecule has 0 aromatic heterocycles. The summed E-state index contributed by atoms with van der Waals surface area (Å²) < 4.78 is 36.6. The topological polar surface area (TPSA) is 133 Å². The summed E-state index contributed by atoms with van der Waals surface area (Å²) in [5.74, 6) is 0.619. The number of nitrogen functional groups attached to an aromatic ring is 1. The zero-order valence-electron chi connectivity index (χ0n) is 9.94. The SMILES string of the molecule is CCN(O)c1ccc(OC)c(N)c1.O=S(=O)(O)O. The first-order chi connectivity index (χ1) is 8.19. The van der Waals surface area contributed by atoms with Crippen molar-refractivity contribution in [2.75, 3.05) is 24.5 Å².